The van der Waals surface area contributed by atoms with Gasteiger partial charge < -0.3 is 0 Å². The summed E-state index contributed by atoms with van der Waals surface area (Å²) in [6.07, 6.45) is 1.97. The third kappa shape index (κ3) is 6.19. The maximum absolute atomic E-state index is 11.7. The molecule has 0 aliphatic heterocycles. The largest absolute Gasteiger partial charge is 0.273 e. The first-order chi connectivity index (χ1) is 8.69. The molecule has 20 heavy (non-hydrogen) atoms. The van der Waals surface area contributed by atoms with Gasteiger partial charge in [0, 0.05) is 0 Å². The molecule has 1 amide bonds. The number of rotatable bonds is 5. The summed E-state index contributed by atoms with van der Waals surface area (Å²) in [6, 6.07) is 7.73. The quantitative estimate of drug-likeness (QED) is 0.909. The zero-order valence-corrected chi connectivity index (χ0v) is 12.6. The molecule has 0 aliphatic rings. The van der Waals surface area contributed by atoms with Gasteiger partial charge in [-0.25, -0.2) is 8.42 Å². The van der Waals surface area contributed by atoms with Crippen molar-refractivity contribution >= 4 is 15.9 Å². The summed E-state index contributed by atoms with van der Waals surface area (Å²) in [5.41, 5.74) is 2.03. The van der Waals surface area contributed by atoms with Crippen LogP contribution in [0.15, 0.2) is 24.3 Å². The van der Waals surface area contributed by atoms with Gasteiger partial charge in [-0.1, -0.05) is 45.5 Å². The summed E-state index contributed by atoms with van der Waals surface area (Å²) in [5.74, 6) is -0.404. The molecular weight excluding hydrogens is 274 g/mol. The lowest BCUT2D eigenvalue weighted by Gasteiger charge is -2.12. The molecule has 0 heterocycles. The van der Waals surface area contributed by atoms with Crippen molar-refractivity contribution in [1.29, 1.82) is 0 Å². The van der Waals surface area contributed by atoms with Crippen LogP contribution in [0.1, 0.15) is 45.2 Å². The molecule has 0 bridgehead atoms. The van der Waals surface area contributed by atoms with Crippen LogP contribution in [0.4, 0.5) is 0 Å². The highest BCUT2D eigenvalue weighted by Crippen LogP contribution is 2.17. The number of carbonyl (C=O) groups excluding carboxylic acids is 1. The Morgan fingerprint density at radius 2 is 1.65 bits per heavy atom. The minimum absolute atomic E-state index is 0. The van der Waals surface area contributed by atoms with Crippen molar-refractivity contribution in [1.82, 2.24) is 4.72 Å². The molecule has 0 fully saturated rings. The van der Waals surface area contributed by atoms with E-state index in [1.54, 1.807) is 6.92 Å². The summed E-state index contributed by atoms with van der Waals surface area (Å²) >= 11 is 0. The Kier molecular flexibility index (Phi) is 6.92. The highest BCUT2D eigenvalue weighted by molar-refractivity contribution is 7.89. The van der Waals surface area contributed by atoms with Crippen LogP contribution < -0.4 is 4.72 Å². The SMILES string of the molecule is C.CC(C)Cc1ccc([C@@H](C)C(=O)NS(C)(=O)=O)cc1. The lowest BCUT2D eigenvalue weighted by molar-refractivity contribution is -0.120. The van der Waals surface area contributed by atoms with Crippen LogP contribution in [0.3, 0.4) is 0 Å². The van der Waals surface area contributed by atoms with E-state index in [0.717, 1.165) is 18.2 Å². The first-order valence-electron chi connectivity index (χ1n) is 6.29. The van der Waals surface area contributed by atoms with Crippen molar-refractivity contribution in [2.24, 2.45) is 5.92 Å². The van der Waals surface area contributed by atoms with Crippen LogP contribution in [0.5, 0.6) is 0 Å². The molecule has 4 nitrogen and oxygen atoms in total. The summed E-state index contributed by atoms with van der Waals surface area (Å²) in [6.45, 7) is 5.99. The third-order valence-corrected chi connectivity index (χ3v) is 3.37. The Bertz CT molecular complexity index is 533. The van der Waals surface area contributed by atoms with Crippen LogP contribution in [0.2, 0.25) is 0 Å². The van der Waals surface area contributed by atoms with Gasteiger partial charge in [-0.3, -0.25) is 9.52 Å². The molecule has 1 aromatic rings. The molecular formula is C15H25NO3S. The van der Waals surface area contributed by atoms with Gasteiger partial charge in [-0.15, -0.1) is 0 Å². The van der Waals surface area contributed by atoms with E-state index in [-0.39, 0.29) is 7.43 Å². The Labute approximate surface area is 122 Å². The topological polar surface area (TPSA) is 63.2 Å². The fourth-order valence-corrected chi connectivity index (χ4v) is 2.38. The van der Waals surface area contributed by atoms with Crippen molar-refractivity contribution in [3.8, 4) is 0 Å². The minimum Gasteiger partial charge on any atom is -0.273 e. The van der Waals surface area contributed by atoms with Gasteiger partial charge in [0.05, 0.1) is 12.2 Å². The van der Waals surface area contributed by atoms with Gasteiger partial charge >= 0.3 is 0 Å². The molecule has 0 unspecified atom stereocenters. The number of nitrogens with one attached hydrogen (secondary N) is 1. The highest BCUT2D eigenvalue weighted by Gasteiger charge is 2.18. The van der Waals surface area contributed by atoms with Crippen molar-refractivity contribution in [3.63, 3.8) is 0 Å². The van der Waals surface area contributed by atoms with E-state index in [1.807, 2.05) is 29.0 Å². The number of amides is 1. The molecule has 1 rings (SSSR count). The summed E-state index contributed by atoms with van der Waals surface area (Å²) in [5, 5.41) is 0. The molecule has 0 radical (unpaired) electrons. The summed E-state index contributed by atoms with van der Waals surface area (Å²) in [4.78, 5) is 11.7. The van der Waals surface area contributed by atoms with Crippen LogP contribution in [0.25, 0.3) is 0 Å². The van der Waals surface area contributed by atoms with Crippen molar-refractivity contribution in [3.05, 3.63) is 35.4 Å². The second-order valence-corrected chi connectivity index (χ2v) is 7.05. The predicted molar refractivity (Wildman–Crippen MR) is 83.1 cm³/mol. The number of hydrogen-bond donors (Lipinski definition) is 1. The van der Waals surface area contributed by atoms with E-state index in [0.29, 0.717) is 5.92 Å². The van der Waals surface area contributed by atoms with Crippen molar-refractivity contribution in [2.45, 2.75) is 40.5 Å². The van der Waals surface area contributed by atoms with E-state index in [4.69, 9.17) is 0 Å². The average Bonchev–Trinajstić information content (AvgIpc) is 2.26. The minimum atomic E-state index is -3.50. The number of carbonyl (C=O) groups is 1. The van der Waals surface area contributed by atoms with Gasteiger partial charge in [0.25, 0.3) is 0 Å². The van der Waals surface area contributed by atoms with Crippen LogP contribution >= 0.6 is 0 Å². The second-order valence-electron chi connectivity index (χ2n) is 5.30. The van der Waals surface area contributed by atoms with Crippen molar-refractivity contribution in [2.75, 3.05) is 6.26 Å². The van der Waals surface area contributed by atoms with E-state index in [9.17, 15) is 13.2 Å². The maximum Gasteiger partial charge on any atom is 0.240 e. The lowest BCUT2D eigenvalue weighted by Crippen LogP contribution is -2.32. The van der Waals surface area contributed by atoms with Crippen LogP contribution in [0, 0.1) is 5.92 Å². The Balaban J connectivity index is 0.00000361. The van der Waals surface area contributed by atoms with E-state index in [2.05, 4.69) is 13.8 Å². The number of benzene rings is 1. The van der Waals surface area contributed by atoms with Gasteiger partial charge in [0.2, 0.25) is 15.9 Å². The van der Waals surface area contributed by atoms with Gasteiger partial charge in [-0.2, -0.15) is 0 Å². The molecule has 114 valence electrons. The first kappa shape index (κ1) is 18.6. The zero-order chi connectivity index (χ0) is 14.6. The fraction of sp³-hybridized carbons (Fsp3) is 0.533. The molecule has 1 aromatic carbocycles. The first-order valence-corrected chi connectivity index (χ1v) is 8.18. The Morgan fingerprint density at radius 3 is 2.05 bits per heavy atom. The smallest absolute Gasteiger partial charge is 0.240 e. The average molecular weight is 299 g/mol. The molecule has 0 aromatic heterocycles. The maximum atomic E-state index is 11.7. The highest BCUT2D eigenvalue weighted by atomic mass is 32.2. The lowest BCUT2D eigenvalue weighted by atomic mass is 9.96. The third-order valence-electron chi connectivity index (χ3n) is 2.80. The number of hydrogen-bond acceptors (Lipinski definition) is 3. The predicted octanol–water partition coefficient (Wildman–Crippen LogP) is 2.70. The molecule has 0 aliphatic carbocycles. The van der Waals surface area contributed by atoms with Gasteiger partial charge in [0.1, 0.15) is 0 Å². The molecule has 0 saturated heterocycles. The van der Waals surface area contributed by atoms with E-state index >= 15 is 0 Å². The standard InChI is InChI=1S/C14H21NO3S.CH4/c1-10(2)9-12-5-7-13(8-6-12)11(3)14(16)15-19(4,17)18;/h5-8,10-11H,9H2,1-4H3,(H,15,16);1H4/t11-;/m1./s1. The van der Waals surface area contributed by atoms with Crippen LogP contribution in [-0.4, -0.2) is 20.6 Å². The molecule has 0 spiro atoms. The molecule has 1 atom stereocenters. The van der Waals surface area contributed by atoms with Gasteiger partial charge in [0.15, 0.2) is 0 Å². The van der Waals surface area contributed by atoms with E-state index < -0.39 is 21.8 Å². The normalized spacial score (nSPS) is 12.7. The van der Waals surface area contributed by atoms with Crippen molar-refractivity contribution < 1.29 is 13.2 Å². The second kappa shape index (κ2) is 7.43. The Hall–Kier alpha value is -1.36. The molecule has 5 heteroatoms. The Morgan fingerprint density at radius 1 is 1.15 bits per heavy atom. The molecule has 0 saturated carbocycles. The summed E-state index contributed by atoms with van der Waals surface area (Å²) < 4.78 is 24.0. The van der Waals surface area contributed by atoms with Crippen LogP contribution in [-0.2, 0) is 21.2 Å². The fourth-order valence-electron chi connectivity index (χ4n) is 1.84. The molecule has 1 N–H and O–H groups in total. The number of sulfonamides is 1. The summed E-state index contributed by atoms with van der Waals surface area (Å²) in [7, 11) is -3.50. The van der Waals surface area contributed by atoms with Gasteiger partial charge in [-0.05, 0) is 30.4 Å². The monoisotopic (exact) mass is 299 g/mol. The van der Waals surface area contributed by atoms with E-state index in [1.165, 1.54) is 5.56 Å². The zero-order valence-electron chi connectivity index (χ0n) is 11.8.